The zero-order valence-corrected chi connectivity index (χ0v) is 12.0. The van der Waals surface area contributed by atoms with Crippen molar-refractivity contribution in [1.82, 2.24) is 10.3 Å². The number of benzene rings is 1. The fraction of sp³-hybridized carbons (Fsp3) is 0.353. The Balaban J connectivity index is 1.64. The first-order chi connectivity index (χ1) is 10.2. The van der Waals surface area contributed by atoms with Crippen LogP contribution in [0.4, 0.5) is 0 Å². The van der Waals surface area contributed by atoms with Crippen LogP contribution in [0.2, 0.25) is 0 Å². The molecule has 1 amide bonds. The fourth-order valence-corrected chi connectivity index (χ4v) is 2.86. The predicted octanol–water partition coefficient (Wildman–Crippen LogP) is 2.26. The topological polar surface area (TPSA) is 70.9 Å². The third-order valence-corrected chi connectivity index (χ3v) is 4.07. The molecule has 2 unspecified atom stereocenters. The molecule has 0 bridgehead atoms. The number of nitrogens with one attached hydrogen (secondary N) is 2. The highest BCUT2D eigenvalue weighted by Gasteiger charge is 2.19. The molecule has 2 atom stereocenters. The number of fused-ring (bicyclic) bond motifs is 1. The number of aromatic amines is 1. The number of nitrogens with two attached hydrogens (primary N) is 1. The number of H-pyrrole nitrogens is 1. The fourth-order valence-electron chi connectivity index (χ4n) is 2.86. The van der Waals surface area contributed by atoms with Crippen molar-refractivity contribution in [3.8, 4) is 0 Å². The molecule has 4 nitrogen and oxygen atoms in total. The number of amides is 1. The minimum absolute atomic E-state index is 0.0550. The van der Waals surface area contributed by atoms with E-state index in [-0.39, 0.29) is 11.9 Å². The predicted molar refractivity (Wildman–Crippen MR) is 84.9 cm³/mol. The Kier molecular flexibility index (Phi) is 4.06. The molecule has 4 heteroatoms. The van der Waals surface area contributed by atoms with Gasteiger partial charge in [-0.05, 0) is 37.3 Å². The molecule has 0 aliphatic heterocycles. The molecule has 2 aromatic rings. The van der Waals surface area contributed by atoms with Gasteiger partial charge in [-0.15, -0.1) is 0 Å². The van der Waals surface area contributed by atoms with Crippen LogP contribution in [-0.2, 0) is 11.2 Å². The lowest BCUT2D eigenvalue weighted by Crippen LogP contribution is -2.46. The molecule has 110 valence electrons. The molecule has 4 N–H and O–H groups in total. The number of rotatable bonds is 4. The molecule has 1 aromatic carbocycles. The summed E-state index contributed by atoms with van der Waals surface area (Å²) in [5.41, 5.74) is 8.25. The van der Waals surface area contributed by atoms with Crippen molar-refractivity contribution >= 4 is 16.8 Å². The number of hydrogen-bond donors (Lipinski definition) is 3. The largest absolute Gasteiger partial charge is 0.361 e. The van der Waals surface area contributed by atoms with Gasteiger partial charge in [-0.25, -0.2) is 0 Å². The van der Waals surface area contributed by atoms with E-state index in [9.17, 15) is 4.79 Å². The van der Waals surface area contributed by atoms with Gasteiger partial charge in [0.2, 0.25) is 5.91 Å². The van der Waals surface area contributed by atoms with E-state index in [1.54, 1.807) is 0 Å². The standard InChI is InChI=1S/C17H21N3O/c18-15(17(21)20-13-6-2-1-3-7-13)10-12-11-19-16-9-5-4-8-14(12)16/h1-2,4-5,8-9,11,13,15,19H,3,6-7,10,18H2,(H,20,21). The maximum atomic E-state index is 12.2. The summed E-state index contributed by atoms with van der Waals surface area (Å²) in [6.45, 7) is 0. The summed E-state index contributed by atoms with van der Waals surface area (Å²) in [4.78, 5) is 15.4. The van der Waals surface area contributed by atoms with E-state index in [0.29, 0.717) is 6.42 Å². The van der Waals surface area contributed by atoms with Gasteiger partial charge >= 0.3 is 0 Å². The second-order valence-electron chi connectivity index (χ2n) is 5.66. The monoisotopic (exact) mass is 283 g/mol. The molecule has 21 heavy (non-hydrogen) atoms. The Labute approximate surface area is 124 Å². The van der Waals surface area contributed by atoms with Crippen molar-refractivity contribution < 1.29 is 4.79 Å². The van der Waals surface area contributed by atoms with Gasteiger partial charge < -0.3 is 16.0 Å². The summed E-state index contributed by atoms with van der Waals surface area (Å²) in [6.07, 6.45) is 9.73. The van der Waals surface area contributed by atoms with E-state index in [1.165, 1.54) is 0 Å². The second-order valence-corrected chi connectivity index (χ2v) is 5.66. The number of carbonyl (C=O) groups excluding carboxylic acids is 1. The van der Waals surface area contributed by atoms with Crippen molar-refractivity contribution in [3.63, 3.8) is 0 Å². The summed E-state index contributed by atoms with van der Waals surface area (Å²) in [7, 11) is 0. The summed E-state index contributed by atoms with van der Waals surface area (Å²) >= 11 is 0. The van der Waals surface area contributed by atoms with Crippen LogP contribution in [0.3, 0.4) is 0 Å². The minimum atomic E-state index is -0.505. The van der Waals surface area contributed by atoms with Crippen molar-refractivity contribution in [2.75, 3.05) is 0 Å². The number of allylic oxidation sites excluding steroid dienone is 1. The van der Waals surface area contributed by atoms with Gasteiger partial charge in [-0.3, -0.25) is 4.79 Å². The van der Waals surface area contributed by atoms with Gasteiger partial charge in [-0.1, -0.05) is 30.4 Å². The van der Waals surface area contributed by atoms with Crippen LogP contribution >= 0.6 is 0 Å². The number of hydrogen-bond acceptors (Lipinski definition) is 2. The molecule has 0 saturated carbocycles. The second kappa shape index (κ2) is 6.14. The van der Waals surface area contributed by atoms with Crippen molar-refractivity contribution in [2.45, 2.75) is 37.8 Å². The summed E-state index contributed by atoms with van der Waals surface area (Å²) in [5.74, 6) is -0.0550. The van der Waals surface area contributed by atoms with Crippen LogP contribution < -0.4 is 11.1 Å². The molecule has 0 saturated heterocycles. The van der Waals surface area contributed by atoms with Crippen LogP contribution in [0.1, 0.15) is 24.8 Å². The molecule has 3 rings (SSSR count). The molecular weight excluding hydrogens is 262 g/mol. The van der Waals surface area contributed by atoms with Crippen LogP contribution in [0.15, 0.2) is 42.6 Å². The van der Waals surface area contributed by atoms with E-state index in [4.69, 9.17) is 5.73 Å². The Morgan fingerprint density at radius 2 is 2.24 bits per heavy atom. The van der Waals surface area contributed by atoms with Gasteiger partial charge in [-0.2, -0.15) is 0 Å². The van der Waals surface area contributed by atoms with E-state index in [0.717, 1.165) is 35.7 Å². The number of aromatic nitrogens is 1. The number of carbonyl (C=O) groups is 1. The summed E-state index contributed by atoms with van der Waals surface area (Å²) in [5, 5.41) is 4.19. The van der Waals surface area contributed by atoms with Gasteiger partial charge in [0.1, 0.15) is 0 Å². The quantitative estimate of drug-likeness (QED) is 0.753. The van der Waals surface area contributed by atoms with Gasteiger partial charge in [0, 0.05) is 23.1 Å². The molecule has 1 aliphatic rings. The van der Waals surface area contributed by atoms with Crippen molar-refractivity contribution in [3.05, 3.63) is 48.2 Å². The molecule has 0 fully saturated rings. The lowest BCUT2D eigenvalue weighted by Gasteiger charge is -2.21. The van der Waals surface area contributed by atoms with Gasteiger partial charge in [0.05, 0.1) is 6.04 Å². The maximum Gasteiger partial charge on any atom is 0.237 e. The van der Waals surface area contributed by atoms with E-state index in [1.807, 2.05) is 24.4 Å². The Hall–Kier alpha value is -2.07. The highest BCUT2D eigenvalue weighted by atomic mass is 16.2. The smallest absolute Gasteiger partial charge is 0.237 e. The average molecular weight is 283 g/mol. The van der Waals surface area contributed by atoms with Crippen LogP contribution in [0.25, 0.3) is 10.9 Å². The Bertz CT molecular complexity index is 659. The third kappa shape index (κ3) is 3.16. The summed E-state index contributed by atoms with van der Waals surface area (Å²) in [6, 6.07) is 7.80. The lowest BCUT2D eigenvalue weighted by molar-refractivity contribution is -0.123. The van der Waals surface area contributed by atoms with Crippen LogP contribution in [-0.4, -0.2) is 23.0 Å². The van der Waals surface area contributed by atoms with Crippen LogP contribution in [0, 0.1) is 0 Å². The van der Waals surface area contributed by atoms with E-state index in [2.05, 4.69) is 28.5 Å². The maximum absolute atomic E-state index is 12.2. The van der Waals surface area contributed by atoms with Gasteiger partial charge in [0.15, 0.2) is 0 Å². The van der Waals surface area contributed by atoms with E-state index < -0.39 is 6.04 Å². The van der Waals surface area contributed by atoms with E-state index >= 15 is 0 Å². The molecule has 1 aliphatic carbocycles. The first kappa shape index (κ1) is 13.9. The number of para-hydroxylation sites is 1. The van der Waals surface area contributed by atoms with Crippen molar-refractivity contribution in [1.29, 1.82) is 0 Å². The lowest BCUT2D eigenvalue weighted by atomic mass is 10.0. The molecular formula is C17H21N3O. The highest BCUT2D eigenvalue weighted by molar-refractivity contribution is 5.86. The molecule has 0 radical (unpaired) electrons. The first-order valence-corrected chi connectivity index (χ1v) is 7.50. The Morgan fingerprint density at radius 3 is 3.05 bits per heavy atom. The summed E-state index contributed by atoms with van der Waals surface area (Å²) < 4.78 is 0. The minimum Gasteiger partial charge on any atom is -0.361 e. The zero-order valence-electron chi connectivity index (χ0n) is 12.0. The zero-order chi connectivity index (χ0) is 14.7. The van der Waals surface area contributed by atoms with Crippen LogP contribution in [0.5, 0.6) is 0 Å². The SMILES string of the molecule is NC(Cc1c[nH]c2ccccc12)C(=O)NC1CC=CCC1. The molecule has 1 heterocycles. The highest BCUT2D eigenvalue weighted by Crippen LogP contribution is 2.19. The molecule has 0 spiro atoms. The normalized spacial score (nSPS) is 19.6. The third-order valence-electron chi connectivity index (χ3n) is 4.07. The van der Waals surface area contributed by atoms with Gasteiger partial charge in [0.25, 0.3) is 0 Å². The van der Waals surface area contributed by atoms with Crippen molar-refractivity contribution in [2.24, 2.45) is 5.73 Å². The average Bonchev–Trinajstić information content (AvgIpc) is 2.91. The molecule has 1 aromatic heterocycles. The first-order valence-electron chi connectivity index (χ1n) is 7.50. The Morgan fingerprint density at radius 1 is 1.38 bits per heavy atom.